The highest BCUT2D eigenvalue weighted by atomic mass is 16.7. The zero-order valence-corrected chi connectivity index (χ0v) is 39.4. The first-order chi connectivity index (χ1) is 31.6. The predicted octanol–water partition coefficient (Wildman–Crippen LogP) is 6.73. The molecule has 14 nitrogen and oxygen atoms in total. The van der Waals surface area contributed by atoms with E-state index in [9.17, 15) is 40.5 Å². The summed E-state index contributed by atoms with van der Waals surface area (Å²) in [6, 6.07) is 0. The van der Waals surface area contributed by atoms with Crippen LogP contribution in [-0.4, -0.2) is 142 Å². The first kappa shape index (κ1) is 58.6. The topological polar surface area (TPSA) is 214 Å². The lowest BCUT2D eigenvalue weighted by Crippen LogP contribution is -2.61. The second-order valence-electron chi connectivity index (χ2n) is 16.9. The normalized spacial score (nSPS) is 27.2. The lowest BCUT2D eigenvalue weighted by Gasteiger charge is -2.42. The van der Waals surface area contributed by atoms with Crippen molar-refractivity contribution in [3.8, 4) is 0 Å². The Kier molecular flexibility index (Phi) is 34.6. The molecule has 2 aliphatic heterocycles. The monoisotopic (exact) mass is 923 g/mol. The first-order valence-corrected chi connectivity index (χ1v) is 24.5. The molecule has 2 aliphatic rings. The van der Waals surface area contributed by atoms with Crippen molar-refractivity contribution in [3.05, 3.63) is 72.9 Å². The Morgan fingerprint density at radius 1 is 0.523 bits per heavy atom. The van der Waals surface area contributed by atoms with Gasteiger partial charge in [0.05, 0.1) is 26.4 Å². The third-order valence-electron chi connectivity index (χ3n) is 11.2. The minimum Gasteiger partial charge on any atom is -0.457 e. The quantitative estimate of drug-likeness (QED) is 0.0196. The second-order valence-corrected chi connectivity index (χ2v) is 16.9. The van der Waals surface area contributed by atoms with E-state index in [4.69, 9.17) is 28.4 Å². The number of rotatable bonds is 37. The number of aliphatic hydroxyl groups excluding tert-OH is 7. The molecule has 65 heavy (non-hydrogen) atoms. The summed E-state index contributed by atoms with van der Waals surface area (Å²) in [6.07, 6.45) is 29.8. The highest BCUT2D eigenvalue weighted by Crippen LogP contribution is 2.26. The zero-order valence-electron chi connectivity index (χ0n) is 39.4. The molecule has 2 heterocycles. The van der Waals surface area contributed by atoms with Crippen molar-refractivity contribution >= 4 is 5.97 Å². The van der Waals surface area contributed by atoms with Crippen LogP contribution in [0.4, 0.5) is 0 Å². The van der Waals surface area contributed by atoms with Gasteiger partial charge in [0.25, 0.3) is 0 Å². The Bertz CT molecular complexity index is 1350. The molecule has 2 fully saturated rings. The van der Waals surface area contributed by atoms with Crippen molar-refractivity contribution in [2.45, 2.75) is 210 Å². The summed E-state index contributed by atoms with van der Waals surface area (Å²) in [6.45, 7) is 3.38. The van der Waals surface area contributed by atoms with Gasteiger partial charge in [0, 0.05) is 13.0 Å². The number of carbonyl (C=O) groups is 1. The Hall–Kier alpha value is -2.57. The van der Waals surface area contributed by atoms with Gasteiger partial charge in [0.15, 0.2) is 12.6 Å². The van der Waals surface area contributed by atoms with E-state index >= 15 is 0 Å². The second kappa shape index (κ2) is 38.4. The fourth-order valence-electron chi connectivity index (χ4n) is 7.24. The van der Waals surface area contributed by atoms with E-state index in [1.165, 1.54) is 44.9 Å². The van der Waals surface area contributed by atoms with Gasteiger partial charge in [-0.15, -0.1) is 0 Å². The Morgan fingerprint density at radius 3 is 1.51 bits per heavy atom. The molecule has 0 amide bonds. The van der Waals surface area contributed by atoms with Crippen LogP contribution in [0.5, 0.6) is 0 Å². The highest BCUT2D eigenvalue weighted by Gasteiger charge is 2.47. The Labute approximate surface area is 389 Å². The van der Waals surface area contributed by atoms with E-state index in [1.54, 1.807) is 0 Å². The lowest BCUT2D eigenvalue weighted by molar-refractivity contribution is -0.332. The smallest absolute Gasteiger partial charge is 0.306 e. The van der Waals surface area contributed by atoms with Gasteiger partial charge < -0.3 is 64.2 Å². The van der Waals surface area contributed by atoms with Crippen molar-refractivity contribution in [1.82, 2.24) is 0 Å². The summed E-state index contributed by atoms with van der Waals surface area (Å²) in [4.78, 5) is 12.9. The summed E-state index contributed by atoms with van der Waals surface area (Å²) in [5.41, 5.74) is 0. The fourth-order valence-corrected chi connectivity index (χ4v) is 7.24. The maximum atomic E-state index is 12.9. The van der Waals surface area contributed by atoms with E-state index in [0.29, 0.717) is 13.0 Å². The SMILES string of the molecule is CC/C=C\C/C=C\C/C=C\C/C=C\C/C=C\C/C=C\CCCOCC(COC1OC(COC2OC(CO)C(O)C(O)C2O)C(O)C(O)C1O)OC(=O)CCCCCCCCCCCCC. The summed E-state index contributed by atoms with van der Waals surface area (Å²) >= 11 is 0. The number of unbranched alkanes of at least 4 members (excludes halogenated alkanes) is 11. The molecule has 0 aromatic carbocycles. The lowest BCUT2D eigenvalue weighted by atomic mass is 9.98. The molecule has 0 aromatic rings. The highest BCUT2D eigenvalue weighted by molar-refractivity contribution is 5.69. The van der Waals surface area contributed by atoms with Crippen LogP contribution in [0.25, 0.3) is 0 Å². The summed E-state index contributed by atoms with van der Waals surface area (Å²) in [7, 11) is 0. The molecule has 2 saturated heterocycles. The molecule has 2 rings (SSSR count). The van der Waals surface area contributed by atoms with E-state index < -0.39 is 86.7 Å². The molecule has 374 valence electrons. The third kappa shape index (κ3) is 26.5. The third-order valence-corrected chi connectivity index (χ3v) is 11.2. The van der Waals surface area contributed by atoms with Crippen molar-refractivity contribution in [2.75, 3.05) is 33.0 Å². The van der Waals surface area contributed by atoms with Gasteiger partial charge in [-0.05, 0) is 57.8 Å². The predicted molar refractivity (Wildman–Crippen MR) is 252 cm³/mol. The molecular formula is C51H86O14. The molecule has 14 heteroatoms. The van der Waals surface area contributed by atoms with Crippen LogP contribution in [0.1, 0.15) is 142 Å². The first-order valence-electron chi connectivity index (χ1n) is 24.5. The standard InChI is InChI=1S/C51H86O14/c1-3-5-7-9-11-13-15-16-17-18-19-20-21-22-23-25-27-29-31-33-35-60-37-40(63-43(53)34-32-30-28-26-24-14-12-10-8-6-4-2)38-61-50-49(59)47(57)45(55)42(65-50)39-62-51-48(58)46(56)44(54)41(36-52)64-51/h5,7,11,13,16-17,19-20,22-23,27,29,40-42,44-52,54-59H,3-4,6,8-10,12,14-15,18,21,24-26,28,30-39H2,1-2H3/b7-5-,13-11-,17-16-,20-19-,23-22-,29-27-. The van der Waals surface area contributed by atoms with Gasteiger partial charge in [-0.1, -0.05) is 151 Å². The van der Waals surface area contributed by atoms with E-state index in [-0.39, 0.29) is 19.6 Å². The van der Waals surface area contributed by atoms with Gasteiger partial charge in [-0.25, -0.2) is 0 Å². The number of carbonyl (C=O) groups excluding carboxylic acids is 1. The van der Waals surface area contributed by atoms with Gasteiger partial charge in [-0.3, -0.25) is 4.79 Å². The minimum absolute atomic E-state index is 0.0192. The van der Waals surface area contributed by atoms with E-state index in [0.717, 1.165) is 70.6 Å². The Balaban J connectivity index is 1.80. The molecule has 0 aromatic heterocycles. The number of allylic oxidation sites excluding steroid dienone is 12. The summed E-state index contributed by atoms with van der Waals surface area (Å²) in [5, 5.41) is 72.0. The number of hydrogen-bond acceptors (Lipinski definition) is 14. The summed E-state index contributed by atoms with van der Waals surface area (Å²) in [5.74, 6) is -0.400. The fraction of sp³-hybridized carbons (Fsp3) is 0.745. The molecule has 0 spiro atoms. The average molecular weight is 923 g/mol. The van der Waals surface area contributed by atoms with Gasteiger partial charge in [0.1, 0.15) is 54.9 Å². The van der Waals surface area contributed by atoms with Crippen LogP contribution in [0.2, 0.25) is 0 Å². The number of esters is 1. The van der Waals surface area contributed by atoms with E-state index in [2.05, 4.69) is 86.8 Å². The molecule has 0 radical (unpaired) electrons. The average Bonchev–Trinajstić information content (AvgIpc) is 3.30. The number of ether oxygens (including phenoxy) is 6. The molecule has 0 bridgehead atoms. The van der Waals surface area contributed by atoms with Crippen LogP contribution >= 0.6 is 0 Å². The van der Waals surface area contributed by atoms with Crippen LogP contribution in [0, 0.1) is 0 Å². The van der Waals surface area contributed by atoms with Crippen LogP contribution in [0.3, 0.4) is 0 Å². The minimum atomic E-state index is -1.72. The largest absolute Gasteiger partial charge is 0.457 e. The number of hydrogen-bond donors (Lipinski definition) is 7. The van der Waals surface area contributed by atoms with Gasteiger partial charge >= 0.3 is 5.97 Å². The van der Waals surface area contributed by atoms with Gasteiger partial charge in [0.2, 0.25) is 0 Å². The zero-order chi connectivity index (χ0) is 47.3. The van der Waals surface area contributed by atoms with E-state index in [1.807, 2.05) is 0 Å². The molecule has 11 atom stereocenters. The van der Waals surface area contributed by atoms with Crippen molar-refractivity contribution in [2.24, 2.45) is 0 Å². The maximum absolute atomic E-state index is 12.9. The molecule has 7 N–H and O–H groups in total. The summed E-state index contributed by atoms with van der Waals surface area (Å²) < 4.78 is 34.1. The van der Waals surface area contributed by atoms with Crippen molar-refractivity contribution in [1.29, 1.82) is 0 Å². The Morgan fingerprint density at radius 2 is 0.985 bits per heavy atom. The molecule has 0 aliphatic carbocycles. The van der Waals surface area contributed by atoms with Crippen molar-refractivity contribution in [3.63, 3.8) is 0 Å². The van der Waals surface area contributed by atoms with Crippen LogP contribution < -0.4 is 0 Å². The number of aliphatic hydroxyl groups is 7. The van der Waals surface area contributed by atoms with Crippen molar-refractivity contribution < 1.29 is 69.0 Å². The van der Waals surface area contributed by atoms with Crippen LogP contribution in [0.15, 0.2) is 72.9 Å². The van der Waals surface area contributed by atoms with Gasteiger partial charge in [-0.2, -0.15) is 0 Å². The molecule has 0 saturated carbocycles. The molecular weight excluding hydrogens is 837 g/mol. The van der Waals surface area contributed by atoms with Crippen LogP contribution in [-0.2, 0) is 33.2 Å². The molecule has 11 unspecified atom stereocenters. The maximum Gasteiger partial charge on any atom is 0.306 e.